The summed E-state index contributed by atoms with van der Waals surface area (Å²) in [6, 6.07) is 4.70. The van der Waals surface area contributed by atoms with Gasteiger partial charge in [-0.15, -0.1) is 0 Å². The van der Waals surface area contributed by atoms with Crippen molar-refractivity contribution in [2.45, 2.75) is 30.6 Å². The number of benzene rings is 1. The lowest BCUT2D eigenvalue weighted by atomic mass is 9.99. The number of thioether (sulfide) groups is 1. The fourth-order valence-electron chi connectivity index (χ4n) is 2.15. The summed E-state index contributed by atoms with van der Waals surface area (Å²) in [6.45, 7) is 0. The summed E-state index contributed by atoms with van der Waals surface area (Å²) in [5, 5.41) is 0.339. The highest BCUT2D eigenvalue weighted by molar-refractivity contribution is 8.00. The van der Waals surface area contributed by atoms with E-state index in [1.165, 1.54) is 26.0 Å². The van der Waals surface area contributed by atoms with Crippen LogP contribution in [0.5, 0.6) is 5.75 Å². The predicted molar refractivity (Wildman–Crippen MR) is 70.0 cm³/mol. The molecule has 1 saturated heterocycles. The Hall–Kier alpha value is -0.740. The lowest BCUT2D eigenvalue weighted by molar-refractivity contribution is 0.410. The summed E-state index contributed by atoms with van der Waals surface area (Å²) in [4.78, 5) is 0. The molecule has 1 aliphatic rings. The molecule has 2 N–H and O–H groups in total. The Kier molecular flexibility index (Phi) is 4.29. The van der Waals surface area contributed by atoms with Gasteiger partial charge < -0.3 is 10.5 Å². The summed E-state index contributed by atoms with van der Waals surface area (Å²) in [6.07, 6.45) is 3.53. The fourth-order valence-corrected chi connectivity index (χ4v) is 3.52. The van der Waals surface area contributed by atoms with Crippen LogP contribution in [0, 0.1) is 5.82 Å². The van der Waals surface area contributed by atoms with E-state index in [2.05, 4.69) is 0 Å². The van der Waals surface area contributed by atoms with Crippen molar-refractivity contribution in [3.05, 3.63) is 29.6 Å². The molecular weight excluding hydrogens is 237 g/mol. The van der Waals surface area contributed by atoms with Crippen LogP contribution >= 0.6 is 11.8 Å². The fraction of sp³-hybridized carbons (Fsp3) is 0.538. The minimum Gasteiger partial charge on any atom is -0.497 e. The maximum absolute atomic E-state index is 13.9. The molecule has 1 aliphatic heterocycles. The van der Waals surface area contributed by atoms with Crippen molar-refractivity contribution < 1.29 is 9.13 Å². The lowest BCUT2D eigenvalue weighted by Gasteiger charge is -2.27. The van der Waals surface area contributed by atoms with E-state index in [-0.39, 0.29) is 11.9 Å². The highest BCUT2D eigenvalue weighted by Crippen LogP contribution is 2.34. The molecule has 2 rings (SSSR count). The average molecular weight is 255 g/mol. The summed E-state index contributed by atoms with van der Waals surface area (Å²) >= 11 is 1.86. The van der Waals surface area contributed by atoms with E-state index in [4.69, 9.17) is 10.5 Å². The minimum atomic E-state index is -0.261. The molecule has 0 radical (unpaired) electrons. The van der Waals surface area contributed by atoms with Gasteiger partial charge in [-0.2, -0.15) is 11.8 Å². The Balaban J connectivity index is 2.15. The summed E-state index contributed by atoms with van der Waals surface area (Å²) in [5.41, 5.74) is 6.76. The highest BCUT2D eigenvalue weighted by atomic mass is 32.2. The Bertz CT molecular complexity index is 380. The second kappa shape index (κ2) is 5.74. The smallest absolute Gasteiger partial charge is 0.131 e. The van der Waals surface area contributed by atoms with E-state index >= 15 is 0 Å². The molecule has 1 aromatic carbocycles. The quantitative estimate of drug-likeness (QED) is 0.901. The summed E-state index contributed by atoms with van der Waals surface area (Å²) < 4.78 is 18.9. The zero-order chi connectivity index (χ0) is 12.3. The molecule has 4 heteroatoms. The van der Waals surface area contributed by atoms with Crippen molar-refractivity contribution in [2.24, 2.45) is 5.73 Å². The third-order valence-electron chi connectivity index (χ3n) is 3.18. The van der Waals surface area contributed by atoms with Crippen LogP contribution < -0.4 is 10.5 Å². The molecule has 2 unspecified atom stereocenters. The van der Waals surface area contributed by atoms with Crippen LogP contribution in [0.15, 0.2) is 18.2 Å². The van der Waals surface area contributed by atoms with Crippen molar-refractivity contribution in [2.75, 3.05) is 12.9 Å². The average Bonchev–Trinajstić information content (AvgIpc) is 2.39. The molecule has 0 saturated carbocycles. The van der Waals surface area contributed by atoms with Crippen LogP contribution in [0.3, 0.4) is 0 Å². The van der Waals surface area contributed by atoms with Gasteiger partial charge in [0.05, 0.1) is 7.11 Å². The van der Waals surface area contributed by atoms with Gasteiger partial charge in [0.25, 0.3) is 0 Å². The van der Waals surface area contributed by atoms with Gasteiger partial charge in [0.15, 0.2) is 0 Å². The molecule has 1 aromatic rings. The van der Waals surface area contributed by atoms with Gasteiger partial charge in [0.1, 0.15) is 11.6 Å². The first-order valence-electron chi connectivity index (χ1n) is 5.93. The van der Waals surface area contributed by atoms with Gasteiger partial charge in [-0.25, -0.2) is 4.39 Å². The van der Waals surface area contributed by atoms with Gasteiger partial charge in [-0.1, -0.05) is 12.5 Å². The topological polar surface area (TPSA) is 35.2 Å². The number of methoxy groups -OCH3 is 1. The minimum absolute atomic E-state index is 0.216. The van der Waals surface area contributed by atoms with E-state index in [0.717, 1.165) is 12.2 Å². The molecule has 2 atom stereocenters. The number of hydrogen-bond donors (Lipinski definition) is 1. The van der Waals surface area contributed by atoms with Crippen molar-refractivity contribution in [3.8, 4) is 5.75 Å². The Morgan fingerprint density at radius 3 is 2.88 bits per heavy atom. The largest absolute Gasteiger partial charge is 0.497 e. The van der Waals surface area contributed by atoms with Crippen molar-refractivity contribution in [1.82, 2.24) is 0 Å². The Morgan fingerprint density at radius 1 is 1.47 bits per heavy atom. The molecule has 0 aromatic heterocycles. The van der Waals surface area contributed by atoms with Gasteiger partial charge >= 0.3 is 0 Å². The van der Waals surface area contributed by atoms with Crippen molar-refractivity contribution >= 4 is 11.8 Å². The number of halogens is 1. The van der Waals surface area contributed by atoms with E-state index in [1.54, 1.807) is 12.1 Å². The molecular formula is C13H18FNOS. The van der Waals surface area contributed by atoms with E-state index in [1.807, 2.05) is 11.8 Å². The maximum Gasteiger partial charge on any atom is 0.131 e. The van der Waals surface area contributed by atoms with E-state index in [0.29, 0.717) is 16.6 Å². The maximum atomic E-state index is 13.9. The molecule has 1 fully saturated rings. The van der Waals surface area contributed by atoms with Gasteiger partial charge in [-0.05, 0) is 24.7 Å². The number of ether oxygens (including phenoxy) is 1. The first-order chi connectivity index (χ1) is 8.22. The molecule has 0 aliphatic carbocycles. The van der Waals surface area contributed by atoms with Crippen LogP contribution in [0.25, 0.3) is 0 Å². The van der Waals surface area contributed by atoms with Crippen LogP contribution in [0.1, 0.15) is 30.9 Å². The molecule has 0 spiro atoms. The summed E-state index contributed by atoms with van der Waals surface area (Å²) in [5.74, 6) is 1.41. The van der Waals surface area contributed by atoms with Crippen LogP contribution in [0.4, 0.5) is 4.39 Å². The Labute approximate surface area is 106 Å². The van der Waals surface area contributed by atoms with Gasteiger partial charge in [-0.3, -0.25) is 0 Å². The Morgan fingerprint density at radius 2 is 2.29 bits per heavy atom. The van der Waals surface area contributed by atoms with Gasteiger partial charge in [0, 0.05) is 22.9 Å². The monoisotopic (exact) mass is 255 g/mol. The second-order valence-corrected chi connectivity index (χ2v) is 5.67. The SMILES string of the molecule is COc1ccc(C(N)C2CCCCS2)c(F)c1. The molecule has 0 amide bonds. The molecule has 0 bridgehead atoms. The van der Waals surface area contributed by atoms with Crippen LogP contribution in [0.2, 0.25) is 0 Å². The van der Waals surface area contributed by atoms with Crippen molar-refractivity contribution in [3.63, 3.8) is 0 Å². The first-order valence-corrected chi connectivity index (χ1v) is 6.98. The van der Waals surface area contributed by atoms with Gasteiger partial charge in [0.2, 0.25) is 0 Å². The third kappa shape index (κ3) is 2.93. The molecule has 17 heavy (non-hydrogen) atoms. The van der Waals surface area contributed by atoms with E-state index in [9.17, 15) is 4.39 Å². The number of nitrogens with two attached hydrogens (primary N) is 1. The zero-order valence-corrected chi connectivity index (χ0v) is 10.8. The zero-order valence-electron chi connectivity index (χ0n) is 9.99. The number of hydrogen-bond acceptors (Lipinski definition) is 3. The molecule has 2 nitrogen and oxygen atoms in total. The molecule has 1 heterocycles. The lowest BCUT2D eigenvalue weighted by Crippen LogP contribution is -2.27. The first kappa shape index (κ1) is 12.7. The highest BCUT2D eigenvalue weighted by Gasteiger charge is 2.24. The summed E-state index contributed by atoms with van der Waals surface area (Å²) in [7, 11) is 1.53. The molecule has 94 valence electrons. The standard InChI is InChI=1S/C13H18FNOS/c1-16-9-5-6-10(11(14)8-9)13(15)12-4-2-3-7-17-12/h5-6,8,12-13H,2-4,7,15H2,1H3. The van der Waals surface area contributed by atoms with E-state index < -0.39 is 0 Å². The predicted octanol–water partition coefficient (Wildman–Crippen LogP) is 3.12. The normalized spacial score (nSPS) is 22.2. The van der Waals surface area contributed by atoms with Crippen LogP contribution in [-0.2, 0) is 0 Å². The second-order valence-electron chi connectivity index (χ2n) is 4.32. The van der Waals surface area contributed by atoms with Crippen LogP contribution in [-0.4, -0.2) is 18.1 Å². The number of rotatable bonds is 3. The third-order valence-corrected chi connectivity index (χ3v) is 4.66. The van der Waals surface area contributed by atoms with Crippen molar-refractivity contribution in [1.29, 1.82) is 0 Å².